The highest BCUT2D eigenvalue weighted by atomic mass is 32.2. The third-order valence-corrected chi connectivity index (χ3v) is 9.62. The van der Waals surface area contributed by atoms with Crippen molar-refractivity contribution in [1.82, 2.24) is 4.57 Å². The number of phenols is 1. The fourth-order valence-corrected chi connectivity index (χ4v) is 7.91. The van der Waals surface area contributed by atoms with Gasteiger partial charge in [0.15, 0.2) is 0 Å². The molecule has 0 aliphatic carbocycles. The minimum absolute atomic E-state index is 0.0593. The van der Waals surface area contributed by atoms with E-state index in [0.29, 0.717) is 26.8 Å². The van der Waals surface area contributed by atoms with Gasteiger partial charge in [0.05, 0.1) is 28.8 Å². The Kier molecular flexibility index (Phi) is 6.85. The van der Waals surface area contributed by atoms with Crippen LogP contribution in [0.4, 0.5) is 11.4 Å². The van der Waals surface area contributed by atoms with Crippen LogP contribution in [0.25, 0.3) is 0 Å². The molecule has 0 radical (unpaired) electrons. The Hall–Kier alpha value is -3.90. The van der Waals surface area contributed by atoms with E-state index < -0.39 is 34.4 Å². The quantitative estimate of drug-likeness (QED) is 0.263. The molecule has 1 aromatic heterocycles. The summed E-state index contributed by atoms with van der Waals surface area (Å²) in [5, 5.41) is 11.9. The predicted octanol–water partition coefficient (Wildman–Crippen LogP) is 3.37. The van der Waals surface area contributed by atoms with Crippen LogP contribution in [0.3, 0.4) is 0 Å². The lowest BCUT2D eigenvalue weighted by Crippen LogP contribution is -2.41. The maximum absolute atomic E-state index is 13.6. The number of thioether (sulfide) groups is 1. The van der Waals surface area contributed by atoms with Gasteiger partial charge in [-0.1, -0.05) is 36.9 Å². The van der Waals surface area contributed by atoms with Crippen molar-refractivity contribution in [2.45, 2.75) is 43.0 Å². The van der Waals surface area contributed by atoms with E-state index in [2.05, 4.69) is 5.32 Å². The third kappa shape index (κ3) is 4.63. The van der Waals surface area contributed by atoms with Crippen LogP contribution in [0.5, 0.6) is 5.75 Å². The van der Waals surface area contributed by atoms with Crippen LogP contribution in [0, 0.1) is 5.92 Å². The Bertz CT molecular complexity index is 1540. The van der Waals surface area contributed by atoms with Crippen molar-refractivity contribution >= 4 is 58.2 Å². The van der Waals surface area contributed by atoms with Crippen molar-refractivity contribution in [1.29, 1.82) is 0 Å². The van der Waals surface area contributed by atoms with Crippen LogP contribution in [-0.2, 0) is 31.1 Å². The molecule has 39 heavy (non-hydrogen) atoms. The first-order valence-corrected chi connectivity index (χ1v) is 13.9. The summed E-state index contributed by atoms with van der Waals surface area (Å²) >= 11 is 2.10. The van der Waals surface area contributed by atoms with Gasteiger partial charge < -0.3 is 15.2 Å². The molecule has 0 spiro atoms. The van der Waals surface area contributed by atoms with Crippen molar-refractivity contribution in [2.75, 3.05) is 16.8 Å². The van der Waals surface area contributed by atoms with Gasteiger partial charge in [0.1, 0.15) is 17.5 Å². The molecular formula is C27H25N3O7S2. The van der Waals surface area contributed by atoms with Gasteiger partial charge in [-0.3, -0.25) is 23.7 Å². The Morgan fingerprint density at radius 3 is 2.33 bits per heavy atom. The number of benzene rings is 2. The Labute approximate surface area is 231 Å². The number of aromatic nitrogens is 1. The van der Waals surface area contributed by atoms with Gasteiger partial charge in [-0.25, -0.2) is 9.69 Å². The number of carbonyl (C=O) groups excluding carboxylic acids is 4. The molecule has 3 heterocycles. The number of esters is 1. The first kappa shape index (κ1) is 26.7. The van der Waals surface area contributed by atoms with Crippen molar-refractivity contribution in [2.24, 2.45) is 5.92 Å². The zero-order valence-corrected chi connectivity index (χ0v) is 22.9. The second-order valence-corrected chi connectivity index (χ2v) is 11.8. The molecular weight excluding hydrogens is 542 g/mol. The van der Waals surface area contributed by atoms with Crippen molar-refractivity contribution in [3.8, 4) is 5.75 Å². The van der Waals surface area contributed by atoms with E-state index in [-0.39, 0.29) is 29.7 Å². The average molecular weight is 568 g/mol. The summed E-state index contributed by atoms with van der Waals surface area (Å²) < 4.78 is 6.34. The van der Waals surface area contributed by atoms with Crippen molar-refractivity contribution in [3.63, 3.8) is 0 Å². The summed E-state index contributed by atoms with van der Waals surface area (Å²) in [4.78, 5) is 66.4. The number of nitrogens with one attached hydrogen (secondary N) is 1. The SMILES string of the molecule is CCOC(=O)c1ccc(N2C(=O)C3Sc4c(sc(=O)n4CC(=O)Nc4ccc(O)cc4)C(C)(C)C3C2=O)cc1. The highest BCUT2D eigenvalue weighted by Gasteiger charge is 2.59. The van der Waals surface area contributed by atoms with E-state index in [9.17, 15) is 29.1 Å². The molecule has 2 atom stereocenters. The van der Waals surface area contributed by atoms with Crippen molar-refractivity contribution < 1.29 is 29.0 Å². The van der Waals surface area contributed by atoms with E-state index in [1.165, 1.54) is 53.1 Å². The Morgan fingerprint density at radius 2 is 1.69 bits per heavy atom. The number of hydrogen-bond donors (Lipinski definition) is 2. The second-order valence-electron chi connectivity index (χ2n) is 9.70. The number of ether oxygens (including phenoxy) is 1. The van der Waals surface area contributed by atoms with Crippen LogP contribution in [0.1, 0.15) is 36.0 Å². The lowest BCUT2D eigenvalue weighted by Gasteiger charge is -2.36. The van der Waals surface area contributed by atoms with Gasteiger partial charge in [-0.15, -0.1) is 0 Å². The normalized spacial score (nSPS) is 19.4. The van der Waals surface area contributed by atoms with Gasteiger partial charge in [-0.2, -0.15) is 0 Å². The number of anilines is 2. The van der Waals surface area contributed by atoms with Gasteiger partial charge in [-0.05, 0) is 55.5 Å². The highest BCUT2D eigenvalue weighted by molar-refractivity contribution is 8.00. The Balaban J connectivity index is 1.42. The number of fused-ring (bicyclic) bond motifs is 2. The minimum Gasteiger partial charge on any atom is -0.508 e. The number of amides is 3. The van der Waals surface area contributed by atoms with Crippen LogP contribution in [0.15, 0.2) is 58.4 Å². The summed E-state index contributed by atoms with van der Waals surface area (Å²) in [7, 11) is 0. The molecule has 0 saturated carbocycles. The van der Waals surface area contributed by atoms with Crippen molar-refractivity contribution in [3.05, 3.63) is 68.6 Å². The monoisotopic (exact) mass is 567 g/mol. The van der Waals surface area contributed by atoms with Gasteiger partial charge in [0.2, 0.25) is 17.7 Å². The van der Waals surface area contributed by atoms with Crippen LogP contribution >= 0.6 is 23.1 Å². The van der Waals surface area contributed by atoms with E-state index in [0.717, 1.165) is 28.0 Å². The smallest absolute Gasteiger partial charge is 0.338 e. The number of thiazole rings is 1. The van der Waals surface area contributed by atoms with Gasteiger partial charge in [0, 0.05) is 16.0 Å². The summed E-state index contributed by atoms with van der Waals surface area (Å²) in [5.74, 6) is -2.40. The number of hydrogen-bond acceptors (Lipinski definition) is 9. The Morgan fingerprint density at radius 1 is 1.03 bits per heavy atom. The minimum atomic E-state index is -0.847. The maximum atomic E-state index is 13.6. The summed E-state index contributed by atoms with van der Waals surface area (Å²) in [6, 6.07) is 12.0. The molecule has 1 fully saturated rings. The van der Waals surface area contributed by atoms with Gasteiger partial charge in [0.25, 0.3) is 0 Å². The average Bonchev–Trinajstić information content (AvgIpc) is 3.34. The number of nitrogens with zero attached hydrogens (tertiary/aromatic N) is 2. The number of aromatic hydroxyl groups is 1. The molecule has 2 N–H and O–H groups in total. The van der Waals surface area contributed by atoms with E-state index in [1.54, 1.807) is 6.92 Å². The number of phenolic OH excluding ortho intramolecular Hbond substituents is 1. The summed E-state index contributed by atoms with van der Waals surface area (Å²) in [6.45, 7) is 5.33. The molecule has 12 heteroatoms. The maximum Gasteiger partial charge on any atom is 0.338 e. The summed E-state index contributed by atoms with van der Waals surface area (Å²) in [6.07, 6.45) is 0. The summed E-state index contributed by atoms with van der Waals surface area (Å²) in [5.41, 5.74) is 0.269. The molecule has 0 bridgehead atoms. The molecule has 5 rings (SSSR count). The molecule has 10 nitrogen and oxygen atoms in total. The molecule has 3 aromatic rings. The fraction of sp³-hybridized carbons (Fsp3) is 0.296. The topological polar surface area (TPSA) is 135 Å². The fourth-order valence-electron chi connectivity index (χ4n) is 4.87. The molecule has 2 aliphatic rings. The molecule has 2 aliphatic heterocycles. The van der Waals surface area contributed by atoms with E-state index in [1.807, 2.05) is 13.8 Å². The van der Waals surface area contributed by atoms with Gasteiger partial charge >= 0.3 is 10.8 Å². The zero-order chi connectivity index (χ0) is 28.1. The zero-order valence-electron chi connectivity index (χ0n) is 21.3. The second kappa shape index (κ2) is 10.0. The lowest BCUT2D eigenvalue weighted by atomic mass is 9.76. The van der Waals surface area contributed by atoms with Crippen LogP contribution in [-0.4, -0.2) is 45.2 Å². The highest BCUT2D eigenvalue weighted by Crippen LogP contribution is 2.54. The van der Waals surface area contributed by atoms with E-state index in [4.69, 9.17) is 4.74 Å². The predicted molar refractivity (Wildman–Crippen MR) is 146 cm³/mol. The number of imide groups is 1. The first-order chi connectivity index (χ1) is 18.5. The lowest BCUT2D eigenvalue weighted by molar-refractivity contribution is -0.123. The molecule has 2 unspecified atom stereocenters. The molecule has 3 amide bonds. The third-order valence-electron chi connectivity index (χ3n) is 6.79. The molecule has 1 saturated heterocycles. The van der Waals surface area contributed by atoms with Crippen LogP contribution in [0.2, 0.25) is 0 Å². The number of rotatable bonds is 6. The molecule has 2 aromatic carbocycles. The van der Waals surface area contributed by atoms with Crippen LogP contribution < -0.4 is 15.1 Å². The van der Waals surface area contributed by atoms with E-state index >= 15 is 0 Å². The number of carbonyl (C=O) groups is 4. The largest absolute Gasteiger partial charge is 0.508 e. The first-order valence-electron chi connectivity index (χ1n) is 12.2. The molecule has 202 valence electrons. The standard InChI is InChI=1S/C27H25N3O7S2/c1-4-37-25(35)14-5-9-16(10-6-14)30-22(33)19-20(23(30)34)38-24-21(27(19,2)3)39-26(36)29(24)13-18(32)28-15-7-11-17(31)12-8-15/h5-12,19-20,31H,4,13H2,1-3H3,(H,28,32).